The van der Waals surface area contributed by atoms with Gasteiger partial charge in [-0.1, -0.05) is 19.3 Å². The van der Waals surface area contributed by atoms with Crippen molar-refractivity contribution >= 4 is 36.3 Å². The Balaban J connectivity index is 2.00. The van der Waals surface area contributed by atoms with Crippen molar-refractivity contribution in [3.63, 3.8) is 0 Å². The first-order chi connectivity index (χ1) is 13.4. The molecule has 0 fully saturated rings. The van der Waals surface area contributed by atoms with E-state index >= 15 is 0 Å². The van der Waals surface area contributed by atoms with Crippen LogP contribution < -0.4 is 10.5 Å². The van der Waals surface area contributed by atoms with E-state index in [9.17, 15) is 14.5 Å². The highest BCUT2D eigenvalue weighted by Gasteiger charge is 2.11. The molecule has 0 amide bonds. The first-order valence-electron chi connectivity index (χ1n) is 9.40. The van der Waals surface area contributed by atoms with Crippen molar-refractivity contribution < 1.29 is 28.3 Å². The molecule has 0 saturated carbocycles. The van der Waals surface area contributed by atoms with Crippen molar-refractivity contribution in [2.24, 2.45) is 0 Å². The van der Waals surface area contributed by atoms with Crippen LogP contribution in [0, 0.1) is 0 Å². The van der Waals surface area contributed by atoms with Gasteiger partial charge in [0.25, 0.3) is 0 Å². The molecule has 1 aromatic carbocycles. The summed E-state index contributed by atoms with van der Waals surface area (Å²) in [7, 11) is 1.34. The number of unbranched alkanes of at least 4 members (excludes halogenated alkanes) is 4. The lowest BCUT2D eigenvalue weighted by atomic mass is 10.1. The molecule has 0 aliphatic heterocycles. The monoisotopic (exact) mass is 431 g/mol. The summed E-state index contributed by atoms with van der Waals surface area (Å²) >= 11 is 4.74. The summed E-state index contributed by atoms with van der Waals surface area (Å²) in [5, 5.41) is 0. The Bertz CT molecular complexity index is 670. The van der Waals surface area contributed by atoms with Crippen LogP contribution in [0.2, 0.25) is 0 Å². The number of ketones is 1. The van der Waals surface area contributed by atoms with Crippen LogP contribution in [0.5, 0.6) is 5.75 Å². The van der Waals surface area contributed by atoms with Crippen LogP contribution in [0.15, 0.2) is 18.2 Å². The zero-order valence-corrected chi connectivity index (χ0v) is 18.0. The number of benzene rings is 1. The molecule has 1 unspecified atom stereocenters. The third-order valence-corrected chi connectivity index (χ3v) is 5.87. The number of Topliss-reactive ketones (excluding diaryl/α,β-unsaturated/α-hetero) is 1. The van der Waals surface area contributed by atoms with Crippen LogP contribution in [0.1, 0.15) is 61.7 Å². The molecule has 0 heterocycles. The molecular formula is C19H30NO6PS. The van der Waals surface area contributed by atoms with Crippen LogP contribution in [-0.4, -0.2) is 37.3 Å². The molecule has 28 heavy (non-hydrogen) atoms. The average molecular weight is 431 g/mol. The van der Waals surface area contributed by atoms with E-state index in [1.165, 1.54) is 7.11 Å². The minimum absolute atomic E-state index is 0.240. The second kappa shape index (κ2) is 13.8. The van der Waals surface area contributed by atoms with Crippen molar-refractivity contribution in [3.05, 3.63) is 23.8 Å². The number of nitrogen functional groups attached to an aromatic ring is 1. The van der Waals surface area contributed by atoms with E-state index in [0.29, 0.717) is 55.8 Å². The zero-order valence-electron chi connectivity index (χ0n) is 16.3. The molecule has 3 N–H and O–H groups in total. The first-order valence-corrected chi connectivity index (χ1v) is 12.0. The smallest absolute Gasteiger partial charge is 0.324 e. The van der Waals surface area contributed by atoms with Crippen LogP contribution >= 0.6 is 6.72 Å². The standard InChI is InChI=1S/C19H30NO6PS/c1-24-27(23,28)26-13-6-4-2-3-5-8-17(22)9-7-12-25-18-11-10-16(15-21)19(20)14-18/h10-11,14-15H,2-9,12-13,20H2,1H3,(H,23,28). The number of aldehydes is 1. The molecule has 7 nitrogen and oxygen atoms in total. The van der Waals surface area contributed by atoms with Gasteiger partial charge in [-0.15, -0.1) is 0 Å². The van der Waals surface area contributed by atoms with E-state index in [-0.39, 0.29) is 5.78 Å². The van der Waals surface area contributed by atoms with Crippen molar-refractivity contribution in [2.45, 2.75) is 51.4 Å². The highest BCUT2D eigenvalue weighted by molar-refractivity contribution is 8.07. The highest BCUT2D eigenvalue weighted by atomic mass is 32.5. The predicted octanol–water partition coefficient (Wildman–Crippen LogP) is 4.03. The Kier molecular flexibility index (Phi) is 12.2. The van der Waals surface area contributed by atoms with Crippen molar-refractivity contribution in [1.29, 1.82) is 0 Å². The summed E-state index contributed by atoms with van der Waals surface area (Å²) in [6, 6.07) is 4.92. The summed E-state index contributed by atoms with van der Waals surface area (Å²) in [5.74, 6) is 0.838. The molecule has 9 heteroatoms. The molecule has 0 bridgehead atoms. The summed E-state index contributed by atoms with van der Waals surface area (Å²) in [6.07, 6.45) is 7.08. The van der Waals surface area contributed by atoms with Gasteiger partial charge < -0.3 is 24.4 Å². The Morgan fingerprint density at radius 1 is 1.14 bits per heavy atom. The average Bonchev–Trinajstić information content (AvgIpc) is 2.67. The third kappa shape index (κ3) is 10.9. The quantitative estimate of drug-likeness (QED) is 0.175. The third-order valence-electron chi connectivity index (χ3n) is 4.14. The Hall–Kier alpha value is -1.31. The number of hydrogen-bond donors (Lipinski definition) is 2. The summed E-state index contributed by atoms with van der Waals surface area (Å²) in [5.41, 5.74) is 6.55. The Labute approximate surface area is 171 Å². The van der Waals surface area contributed by atoms with Crippen molar-refractivity contribution in [1.82, 2.24) is 0 Å². The van der Waals surface area contributed by atoms with Gasteiger partial charge in [0.2, 0.25) is 0 Å². The minimum Gasteiger partial charge on any atom is -0.494 e. The van der Waals surface area contributed by atoms with Gasteiger partial charge in [-0.2, -0.15) is 0 Å². The highest BCUT2D eigenvalue weighted by Crippen LogP contribution is 2.42. The molecule has 0 aromatic heterocycles. The summed E-state index contributed by atoms with van der Waals surface area (Å²) in [4.78, 5) is 32.0. The fourth-order valence-electron chi connectivity index (χ4n) is 2.52. The molecule has 1 atom stereocenters. The lowest BCUT2D eigenvalue weighted by Crippen LogP contribution is -2.04. The molecule has 1 aromatic rings. The molecule has 0 radical (unpaired) electrons. The van der Waals surface area contributed by atoms with Gasteiger partial charge in [0.05, 0.1) is 13.2 Å². The Morgan fingerprint density at radius 3 is 2.50 bits per heavy atom. The van der Waals surface area contributed by atoms with Crippen LogP contribution in [-0.2, 0) is 25.6 Å². The van der Waals surface area contributed by atoms with E-state index in [4.69, 9.17) is 26.8 Å². The molecule has 0 aliphatic rings. The van der Waals surface area contributed by atoms with Gasteiger partial charge in [-0.05, 0) is 43.2 Å². The van der Waals surface area contributed by atoms with Crippen molar-refractivity contribution in [2.75, 3.05) is 26.1 Å². The van der Waals surface area contributed by atoms with Gasteiger partial charge in [-0.3, -0.25) is 9.59 Å². The SMILES string of the molecule is COP(O)(=S)OCCCCCCCC(=O)CCCOc1ccc(C=O)c(N)c1. The van der Waals surface area contributed by atoms with E-state index in [1.54, 1.807) is 18.2 Å². The largest absolute Gasteiger partial charge is 0.494 e. The molecule has 1 rings (SSSR count). The molecular weight excluding hydrogens is 401 g/mol. The first kappa shape index (κ1) is 24.7. The predicted molar refractivity (Wildman–Crippen MR) is 113 cm³/mol. The lowest BCUT2D eigenvalue weighted by molar-refractivity contribution is -0.119. The Morgan fingerprint density at radius 2 is 1.82 bits per heavy atom. The summed E-state index contributed by atoms with van der Waals surface area (Å²) in [6.45, 7) is -2.20. The molecule has 0 aliphatic carbocycles. The number of ether oxygens (including phenoxy) is 1. The van der Waals surface area contributed by atoms with Gasteiger partial charge in [0.15, 0.2) is 6.29 Å². The second-order valence-corrected chi connectivity index (χ2v) is 9.35. The lowest BCUT2D eigenvalue weighted by Gasteiger charge is -2.12. The van der Waals surface area contributed by atoms with E-state index < -0.39 is 6.72 Å². The van der Waals surface area contributed by atoms with Crippen LogP contribution in [0.25, 0.3) is 0 Å². The molecule has 0 spiro atoms. The number of carbonyl (C=O) groups excluding carboxylic acids is 2. The number of hydrogen-bond acceptors (Lipinski definition) is 7. The summed E-state index contributed by atoms with van der Waals surface area (Å²) < 4.78 is 15.3. The normalized spacial score (nSPS) is 13.1. The van der Waals surface area contributed by atoms with Gasteiger partial charge in [0, 0.05) is 37.3 Å². The van der Waals surface area contributed by atoms with E-state index in [0.717, 1.165) is 32.1 Å². The second-order valence-electron chi connectivity index (χ2n) is 6.40. The minimum atomic E-state index is -3.03. The topological polar surface area (TPSA) is 108 Å². The van der Waals surface area contributed by atoms with Gasteiger partial charge >= 0.3 is 6.72 Å². The van der Waals surface area contributed by atoms with Crippen LogP contribution in [0.4, 0.5) is 5.69 Å². The maximum Gasteiger partial charge on any atom is 0.324 e. The van der Waals surface area contributed by atoms with Gasteiger partial charge in [0.1, 0.15) is 11.5 Å². The zero-order chi connectivity index (χ0) is 20.8. The van der Waals surface area contributed by atoms with Gasteiger partial charge in [-0.25, -0.2) is 0 Å². The maximum absolute atomic E-state index is 11.9. The fraction of sp³-hybridized carbons (Fsp3) is 0.579. The maximum atomic E-state index is 11.9. The fourth-order valence-corrected chi connectivity index (χ4v) is 3.21. The number of rotatable bonds is 16. The number of carbonyl (C=O) groups is 2. The number of anilines is 1. The molecule has 158 valence electrons. The van der Waals surface area contributed by atoms with Crippen LogP contribution in [0.3, 0.4) is 0 Å². The number of nitrogens with two attached hydrogens (primary N) is 1. The van der Waals surface area contributed by atoms with E-state index in [2.05, 4.69) is 4.52 Å². The van der Waals surface area contributed by atoms with E-state index in [1.807, 2.05) is 0 Å². The molecule has 0 saturated heterocycles. The van der Waals surface area contributed by atoms with Crippen molar-refractivity contribution in [3.8, 4) is 5.75 Å².